The van der Waals surface area contributed by atoms with E-state index in [0.29, 0.717) is 24.5 Å². The quantitative estimate of drug-likeness (QED) is 0.754. The highest BCUT2D eigenvalue weighted by Gasteiger charge is 2.15. The van der Waals surface area contributed by atoms with E-state index in [1.54, 1.807) is 20.3 Å². The van der Waals surface area contributed by atoms with Gasteiger partial charge in [-0.05, 0) is 24.1 Å². The number of hydrogen-bond donors (Lipinski definition) is 2. The molecule has 0 bridgehead atoms. The summed E-state index contributed by atoms with van der Waals surface area (Å²) in [5, 5.41) is 12.1. The van der Waals surface area contributed by atoms with Gasteiger partial charge in [0.25, 0.3) is 0 Å². The Labute approximate surface area is 113 Å². The van der Waals surface area contributed by atoms with E-state index in [9.17, 15) is 4.79 Å². The third-order valence-corrected chi connectivity index (χ3v) is 2.84. The van der Waals surface area contributed by atoms with Gasteiger partial charge >= 0.3 is 5.97 Å². The number of hydrogen-bond acceptors (Lipinski definition) is 4. The van der Waals surface area contributed by atoms with Gasteiger partial charge in [-0.15, -0.1) is 0 Å². The van der Waals surface area contributed by atoms with Crippen LogP contribution in [0.3, 0.4) is 0 Å². The van der Waals surface area contributed by atoms with E-state index in [1.807, 2.05) is 19.1 Å². The first-order valence-corrected chi connectivity index (χ1v) is 6.28. The van der Waals surface area contributed by atoms with Crippen LogP contribution in [0.15, 0.2) is 18.2 Å². The Morgan fingerprint density at radius 3 is 2.26 bits per heavy atom. The summed E-state index contributed by atoms with van der Waals surface area (Å²) in [5.41, 5.74) is 0.929. The van der Waals surface area contributed by atoms with Crippen LogP contribution in [0.25, 0.3) is 0 Å². The molecule has 0 aliphatic rings. The van der Waals surface area contributed by atoms with Crippen LogP contribution in [0.4, 0.5) is 0 Å². The van der Waals surface area contributed by atoms with E-state index in [0.717, 1.165) is 12.0 Å². The molecule has 5 nitrogen and oxygen atoms in total. The van der Waals surface area contributed by atoms with E-state index >= 15 is 0 Å². The smallest absolute Gasteiger partial charge is 0.320 e. The molecule has 0 fully saturated rings. The summed E-state index contributed by atoms with van der Waals surface area (Å²) in [5.74, 6) is 0.564. The number of methoxy groups -OCH3 is 2. The molecule has 1 aromatic rings. The van der Waals surface area contributed by atoms with Crippen LogP contribution in [0.1, 0.15) is 25.3 Å². The van der Waals surface area contributed by atoms with Gasteiger partial charge in [-0.1, -0.05) is 13.3 Å². The van der Waals surface area contributed by atoms with Crippen molar-refractivity contribution in [3.63, 3.8) is 0 Å². The Hall–Kier alpha value is -1.75. The van der Waals surface area contributed by atoms with Crippen LogP contribution in [0.2, 0.25) is 0 Å². The number of rotatable bonds is 8. The number of carbonyl (C=O) groups is 1. The largest absolute Gasteiger partial charge is 0.497 e. The fourth-order valence-corrected chi connectivity index (χ4v) is 1.81. The third kappa shape index (κ3) is 4.79. The lowest BCUT2D eigenvalue weighted by Crippen LogP contribution is -2.35. The number of ether oxygens (including phenoxy) is 2. The molecule has 0 spiro atoms. The average molecular weight is 267 g/mol. The number of nitrogens with one attached hydrogen (secondary N) is 1. The van der Waals surface area contributed by atoms with Crippen LogP contribution in [0, 0.1) is 0 Å². The minimum atomic E-state index is -0.822. The first-order valence-electron chi connectivity index (χ1n) is 6.28. The molecular weight excluding hydrogens is 246 g/mol. The molecule has 1 aromatic carbocycles. The minimum absolute atomic E-state index is 0.463. The molecule has 1 rings (SSSR count). The summed E-state index contributed by atoms with van der Waals surface area (Å²) in [6, 6.07) is 4.98. The maximum absolute atomic E-state index is 11.0. The molecule has 1 atom stereocenters. The molecule has 0 amide bonds. The van der Waals surface area contributed by atoms with Crippen molar-refractivity contribution in [3.05, 3.63) is 23.8 Å². The molecular formula is C14H21NO4. The lowest BCUT2D eigenvalue weighted by molar-refractivity contribution is -0.139. The van der Waals surface area contributed by atoms with Gasteiger partial charge in [-0.2, -0.15) is 0 Å². The van der Waals surface area contributed by atoms with Gasteiger partial charge in [0.1, 0.15) is 17.5 Å². The molecule has 5 heteroatoms. The van der Waals surface area contributed by atoms with E-state index in [1.165, 1.54) is 0 Å². The van der Waals surface area contributed by atoms with Gasteiger partial charge in [0.15, 0.2) is 0 Å². The maximum atomic E-state index is 11.0. The van der Waals surface area contributed by atoms with E-state index < -0.39 is 12.0 Å². The predicted molar refractivity (Wildman–Crippen MR) is 72.7 cm³/mol. The third-order valence-electron chi connectivity index (χ3n) is 2.84. The zero-order valence-electron chi connectivity index (χ0n) is 11.6. The molecule has 0 radical (unpaired) electrons. The van der Waals surface area contributed by atoms with Crippen LogP contribution in [-0.4, -0.2) is 31.3 Å². The fraction of sp³-hybridized carbons (Fsp3) is 0.500. The van der Waals surface area contributed by atoms with Gasteiger partial charge < -0.3 is 19.9 Å². The molecule has 0 heterocycles. The second-order valence-electron chi connectivity index (χ2n) is 4.28. The molecule has 0 aliphatic heterocycles. The van der Waals surface area contributed by atoms with Crippen LogP contribution < -0.4 is 14.8 Å². The topological polar surface area (TPSA) is 67.8 Å². The summed E-state index contributed by atoms with van der Waals surface area (Å²) in [7, 11) is 3.17. The second-order valence-corrected chi connectivity index (χ2v) is 4.28. The minimum Gasteiger partial charge on any atom is -0.497 e. The Morgan fingerprint density at radius 2 is 1.84 bits per heavy atom. The zero-order chi connectivity index (χ0) is 14.3. The highest BCUT2D eigenvalue weighted by molar-refractivity contribution is 5.73. The van der Waals surface area contributed by atoms with E-state index in [2.05, 4.69) is 5.32 Å². The standard InChI is InChI=1S/C14H21NO4/c1-4-5-13(14(16)17)15-9-10-6-11(18-2)8-12(7-10)19-3/h6-8,13,15H,4-5,9H2,1-3H3,(H,16,17). The highest BCUT2D eigenvalue weighted by atomic mass is 16.5. The van der Waals surface area contributed by atoms with Crippen molar-refractivity contribution in [2.75, 3.05) is 14.2 Å². The Balaban J connectivity index is 2.72. The monoisotopic (exact) mass is 267 g/mol. The van der Waals surface area contributed by atoms with Crippen molar-refractivity contribution in [2.24, 2.45) is 0 Å². The van der Waals surface area contributed by atoms with E-state index in [4.69, 9.17) is 14.6 Å². The zero-order valence-corrected chi connectivity index (χ0v) is 11.6. The number of carboxylic acids is 1. The average Bonchev–Trinajstić information content (AvgIpc) is 2.42. The predicted octanol–water partition coefficient (Wildman–Crippen LogP) is 2.05. The lowest BCUT2D eigenvalue weighted by atomic mass is 10.1. The lowest BCUT2D eigenvalue weighted by Gasteiger charge is -2.14. The van der Waals surface area contributed by atoms with Gasteiger partial charge in [0.05, 0.1) is 14.2 Å². The van der Waals surface area contributed by atoms with Crippen molar-refractivity contribution in [3.8, 4) is 11.5 Å². The summed E-state index contributed by atoms with van der Waals surface area (Å²) >= 11 is 0. The van der Waals surface area contributed by atoms with Gasteiger partial charge in [-0.25, -0.2) is 0 Å². The molecule has 2 N–H and O–H groups in total. The summed E-state index contributed by atoms with van der Waals surface area (Å²) in [4.78, 5) is 11.0. The molecule has 0 saturated heterocycles. The number of benzene rings is 1. The number of aliphatic carboxylic acids is 1. The van der Waals surface area contributed by atoms with Gasteiger partial charge in [-0.3, -0.25) is 4.79 Å². The second kappa shape index (κ2) is 7.63. The van der Waals surface area contributed by atoms with Crippen LogP contribution >= 0.6 is 0 Å². The molecule has 106 valence electrons. The van der Waals surface area contributed by atoms with Crippen molar-refractivity contribution in [1.82, 2.24) is 5.32 Å². The number of carboxylic acid groups (broad SMARTS) is 1. The highest BCUT2D eigenvalue weighted by Crippen LogP contribution is 2.22. The summed E-state index contributed by atoms with van der Waals surface area (Å²) < 4.78 is 10.4. The first-order chi connectivity index (χ1) is 9.10. The van der Waals surface area contributed by atoms with Crippen molar-refractivity contribution >= 4 is 5.97 Å². The fourth-order valence-electron chi connectivity index (χ4n) is 1.81. The normalized spacial score (nSPS) is 11.9. The SMILES string of the molecule is CCCC(NCc1cc(OC)cc(OC)c1)C(=O)O. The Morgan fingerprint density at radius 1 is 1.26 bits per heavy atom. The molecule has 0 saturated carbocycles. The van der Waals surface area contributed by atoms with Crippen molar-refractivity contribution in [1.29, 1.82) is 0 Å². The van der Waals surface area contributed by atoms with Gasteiger partial charge in [0, 0.05) is 12.6 Å². The van der Waals surface area contributed by atoms with Crippen LogP contribution in [0.5, 0.6) is 11.5 Å². The first kappa shape index (κ1) is 15.3. The van der Waals surface area contributed by atoms with Crippen molar-refractivity contribution in [2.45, 2.75) is 32.4 Å². The summed E-state index contributed by atoms with van der Waals surface area (Å²) in [6.07, 6.45) is 1.43. The molecule has 1 unspecified atom stereocenters. The maximum Gasteiger partial charge on any atom is 0.320 e. The summed E-state index contributed by atoms with van der Waals surface area (Å²) in [6.45, 7) is 2.43. The van der Waals surface area contributed by atoms with Crippen molar-refractivity contribution < 1.29 is 19.4 Å². The van der Waals surface area contributed by atoms with Gasteiger partial charge in [0.2, 0.25) is 0 Å². The van der Waals surface area contributed by atoms with Crippen LogP contribution in [-0.2, 0) is 11.3 Å². The van der Waals surface area contributed by atoms with E-state index in [-0.39, 0.29) is 0 Å². The molecule has 0 aromatic heterocycles. The Kier molecular flexibility index (Phi) is 6.15. The molecule has 19 heavy (non-hydrogen) atoms. The Bertz CT molecular complexity index is 398. The molecule has 0 aliphatic carbocycles.